The Morgan fingerprint density at radius 1 is 1.15 bits per heavy atom. The summed E-state index contributed by atoms with van der Waals surface area (Å²) < 4.78 is 0. The van der Waals surface area contributed by atoms with Gasteiger partial charge in [0.1, 0.15) is 0 Å². The van der Waals surface area contributed by atoms with Crippen LogP contribution in [0.2, 0.25) is 0 Å². The van der Waals surface area contributed by atoms with Crippen LogP contribution in [-0.2, 0) is 0 Å². The summed E-state index contributed by atoms with van der Waals surface area (Å²) in [5, 5.41) is 3.60. The van der Waals surface area contributed by atoms with E-state index >= 15 is 0 Å². The van der Waals surface area contributed by atoms with Gasteiger partial charge >= 0.3 is 0 Å². The van der Waals surface area contributed by atoms with E-state index in [2.05, 4.69) is 34.0 Å². The summed E-state index contributed by atoms with van der Waals surface area (Å²) in [5.74, 6) is 0.674. The number of rotatable bonds is 6. The number of nitrogens with zero attached hydrogens (tertiary/aromatic N) is 3. The first-order chi connectivity index (χ1) is 9.66. The van der Waals surface area contributed by atoms with Crippen molar-refractivity contribution in [2.45, 2.75) is 46.1 Å². The first-order valence-corrected chi connectivity index (χ1v) is 7.90. The second kappa shape index (κ2) is 7.70. The van der Waals surface area contributed by atoms with Crippen LogP contribution in [-0.4, -0.2) is 41.0 Å². The van der Waals surface area contributed by atoms with Crippen LogP contribution < -0.4 is 5.32 Å². The van der Waals surface area contributed by atoms with Crippen LogP contribution in [0.3, 0.4) is 0 Å². The SMILES string of the molecule is Cc1nccnc1C(C)NCC(C)CN1CCCCC1. The largest absolute Gasteiger partial charge is 0.308 e. The molecule has 2 atom stereocenters. The quantitative estimate of drug-likeness (QED) is 0.867. The van der Waals surface area contributed by atoms with E-state index in [0.29, 0.717) is 5.92 Å². The van der Waals surface area contributed by atoms with Gasteiger partial charge in [-0.1, -0.05) is 13.3 Å². The molecule has 20 heavy (non-hydrogen) atoms. The highest BCUT2D eigenvalue weighted by Crippen LogP contribution is 2.14. The molecular weight excluding hydrogens is 248 g/mol. The van der Waals surface area contributed by atoms with E-state index in [-0.39, 0.29) is 6.04 Å². The van der Waals surface area contributed by atoms with Gasteiger partial charge in [-0.3, -0.25) is 9.97 Å². The molecule has 1 fully saturated rings. The number of aromatic nitrogens is 2. The van der Waals surface area contributed by atoms with Crippen LogP contribution in [0.4, 0.5) is 0 Å². The van der Waals surface area contributed by atoms with E-state index in [1.54, 1.807) is 12.4 Å². The third kappa shape index (κ3) is 4.53. The molecule has 2 unspecified atom stereocenters. The lowest BCUT2D eigenvalue weighted by atomic mass is 10.1. The molecule has 0 amide bonds. The Morgan fingerprint density at radius 3 is 2.55 bits per heavy atom. The standard InChI is InChI=1S/C16H28N4/c1-13(12-20-9-5-4-6-10-20)11-19-15(3)16-14(2)17-7-8-18-16/h7-8,13,15,19H,4-6,9-12H2,1-3H3. The molecule has 2 heterocycles. The van der Waals surface area contributed by atoms with Crippen molar-refractivity contribution in [3.63, 3.8) is 0 Å². The minimum absolute atomic E-state index is 0.271. The fourth-order valence-electron chi connectivity index (χ4n) is 2.97. The summed E-state index contributed by atoms with van der Waals surface area (Å²) >= 11 is 0. The monoisotopic (exact) mass is 276 g/mol. The number of nitrogens with one attached hydrogen (secondary N) is 1. The molecule has 0 aromatic carbocycles. The fourth-order valence-corrected chi connectivity index (χ4v) is 2.97. The van der Waals surface area contributed by atoms with Crippen molar-refractivity contribution in [3.05, 3.63) is 23.8 Å². The summed E-state index contributed by atoms with van der Waals surface area (Å²) in [6, 6.07) is 0.271. The van der Waals surface area contributed by atoms with Crippen molar-refractivity contribution in [1.82, 2.24) is 20.2 Å². The van der Waals surface area contributed by atoms with E-state index < -0.39 is 0 Å². The number of piperidine rings is 1. The molecule has 0 saturated carbocycles. The van der Waals surface area contributed by atoms with Gasteiger partial charge in [-0.05, 0) is 52.2 Å². The molecule has 112 valence electrons. The Hall–Kier alpha value is -1.00. The molecule has 0 aliphatic carbocycles. The topological polar surface area (TPSA) is 41.1 Å². The summed E-state index contributed by atoms with van der Waals surface area (Å²) in [6.45, 7) is 11.3. The number of aryl methyl sites for hydroxylation is 1. The van der Waals surface area contributed by atoms with E-state index in [9.17, 15) is 0 Å². The summed E-state index contributed by atoms with van der Waals surface area (Å²) in [7, 11) is 0. The molecule has 0 bridgehead atoms. The van der Waals surface area contributed by atoms with Gasteiger partial charge in [0, 0.05) is 25.0 Å². The highest BCUT2D eigenvalue weighted by atomic mass is 15.1. The lowest BCUT2D eigenvalue weighted by Gasteiger charge is -2.29. The van der Waals surface area contributed by atoms with Crippen molar-refractivity contribution < 1.29 is 0 Å². The molecular formula is C16H28N4. The maximum absolute atomic E-state index is 4.44. The van der Waals surface area contributed by atoms with Gasteiger partial charge < -0.3 is 10.2 Å². The average molecular weight is 276 g/mol. The summed E-state index contributed by atoms with van der Waals surface area (Å²) in [4.78, 5) is 11.4. The molecule has 1 aromatic heterocycles. The zero-order chi connectivity index (χ0) is 14.4. The highest BCUT2D eigenvalue weighted by Gasteiger charge is 2.15. The number of likely N-dealkylation sites (tertiary alicyclic amines) is 1. The predicted molar refractivity (Wildman–Crippen MR) is 82.6 cm³/mol. The molecule has 1 aromatic rings. The third-order valence-electron chi connectivity index (χ3n) is 4.12. The van der Waals surface area contributed by atoms with Gasteiger partial charge in [-0.25, -0.2) is 0 Å². The van der Waals surface area contributed by atoms with Crippen LogP contribution in [0.25, 0.3) is 0 Å². The lowest BCUT2D eigenvalue weighted by Crippen LogP contribution is -2.37. The van der Waals surface area contributed by atoms with Crippen molar-refractivity contribution >= 4 is 0 Å². The molecule has 0 spiro atoms. The molecule has 4 nitrogen and oxygen atoms in total. The van der Waals surface area contributed by atoms with E-state index in [4.69, 9.17) is 0 Å². The van der Waals surface area contributed by atoms with Crippen LogP contribution in [0.5, 0.6) is 0 Å². The highest BCUT2D eigenvalue weighted by molar-refractivity contribution is 5.12. The van der Waals surface area contributed by atoms with Crippen LogP contribution in [0.1, 0.15) is 50.5 Å². The minimum Gasteiger partial charge on any atom is -0.308 e. The maximum Gasteiger partial charge on any atom is 0.0782 e. The van der Waals surface area contributed by atoms with Gasteiger partial charge in [0.25, 0.3) is 0 Å². The third-order valence-corrected chi connectivity index (χ3v) is 4.12. The summed E-state index contributed by atoms with van der Waals surface area (Å²) in [5.41, 5.74) is 2.09. The molecule has 1 saturated heterocycles. The smallest absolute Gasteiger partial charge is 0.0782 e. The number of hydrogen-bond acceptors (Lipinski definition) is 4. The maximum atomic E-state index is 4.44. The Kier molecular flexibility index (Phi) is 5.92. The van der Waals surface area contributed by atoms with Crippen molar-refractivity contribution in [2.24, 2.45) is 5.92 Å². The van der Waals surface area contributed by atoms with Crippen LogP contribution >= 0.6 is 0 Å². The zero-order valence-electron chi connectivity index (χ0n) is 13.1. The Labute approximate surface area is 123 Å². The van der Waals surface area contributed by atoms with E-state index in [1.165, 1.54) is 38.9 Å². The normalized spacial score (nSPS) is 19.8. The van der Waals surface area contributed by atoms with Gasteiger partial charge in [0.15, 0.2) is 0 Å². The Morgan fingerprint density at radius 2 is 1.85 bits per heavy atom. The Balaban J connectivity index is 1.75. The number of hydrogen-bond donors (Lipinski definition) is 1. The Bertz CT molecular complexity index is 401. The lowest BCUT2D eigenvalue weighted by molar-refractivity contribution is 0.197. The molecule has 2 rings (SSSR count). The first-order valence-electron chi connectivity index (χ1n) is 7.90. The zero-order valence-corrected chi connectivity index (χ0v) is 13.1. The summed E-state index contributed by atoms with van der Waals surface area (Å²) in [6.07, 6.45) is 7.68. The average Bonchev–Trinajstić information content (AvgIpc) is 2.46. The van der Waals surface area contributed by atoms with Crippen molar-refractivity contribution in [3.8, 4) is 0 Å². The van der Waals surface area contributed by atoms with Crippen LogP contribution in [0.15, 0.2) is 12.4 Å². The van der Waals surface area contributed by atoms with Gasteiger partial charge in [-0.15, -0.1) is 0 Å². The molecule has 0 radical (unpaired) electrons. The molecule has 1 N–H and O–H groups in total. The van der Waals surface area contributed by atoms with Gasteiger partial charge in [0.05, 0.1) is 11.4 Å². The van der Waals surface area contributed by atoms with Gasteiger partial charge in [-0.2, -0.15) is 0 Å². The predicted octanol–water partition coefficient (Wildman–Crippen LogP) is 2.56. The molecule has 1 aliphatic heterocycles. The molecule has 1 aliphatic rings. The van der Waals surface area contributed by atoms with Crippen LogP contribution in [0, 0.1) is 12.8 Å². The first kappa shape index (κ1) is 15.4. The van der Waals surface area contributed by atoms with Crippen molar-refractivity contribution in [2.75, 3.05) is 26.2 Å². The second-order valence-corrected chi connectivity index (χ2v) is 6.12. The van der Waals surface area contributed by atoms with E-state index in [0.717, 1.165) is 17.9 Å². The molecule has 4 heteroatoms. The van der Waals surface area contributed by atoms with E-state index in [1.807, 2.05) is 6.92 Å². The fraction of sp³-hybridized carbons (Fsp3) is 0.750. The van der Waals surface area contributed by atoms with Gasteiger partial charge in [0.2, 0.25) is 0 Å². The second-order valence-electron chi connectivity index (χ2n) is 6.12. The minimum atomic E-state index is 0.271. The van der Waals surface area contributed by atoms with Crippen molar-refractivity contribution in [1.29, 1.82) is 0 Å².